The number of likely N-dealkylation sites (N-methyl/N-ethyl adjacent to an activating group) is 1. The third kappa shape index (κ3) is 2.58. The molecule has 19 heavy (non-hydrogen) atoms. The summed E-state index contributed by atoms with van der Waals surface area (Å²) in [5.41, 5.74) is 0.545. The Morgan fingerprint density at radius 1 is 1.47 bits per heavy atom. The smallest absolute Gasteiger partial charge is 0.335 e. The molecular weight excluding hydrogens is 253 g/mol. The molecule has 102 valence electrons. The van der Waals surface area contributed by atoms with Crippen LogP contribution in [0.1, 0.15) is 18.5 Å². The summed E-state index contributed by atoms with van der Waals surface area (Å²) >= 11 is 0. The summed E-state index contributed by atoms with van der Waals surface area (Å²) in [6, 6.07) is 4.69. The zero-order valence-corrected chi connectivity index (χ0v) is 10.4. The summed E-state index contributed by atoms with van der Waals surface area (Å²) in [4.78, 5) is 24.5. The molecule has 1 aliphatic rings. The van der Waals surface area contributed by atoms with Gasteiger partial charge in [-0.15, -0.1) is 0 Å². The molecule has 2 atom stereocenters. The first-order valence-electron chi connectivity index (χ1n) is 5.94. The van der Waals surface area contributed by atoms with Gasteiger partial charge in [0.15, 0.2) is 6.10 Å². The molecule has 0 aliphatic carbocycles. The molecule has 1 aromatic rings. The third-order valence-electron chi connectivity index (χ3n) is 3.12. The molecular formula is C13H14FNO4. The normalized spacial score (nSPS) is 23.5. The van der Waals surface area contributed by atoms with E-state index in [0.29, 0.717) is 12.1 Å². The fourth-order valence-electron chi connectivity index (χ4n) is 2.25. The highest BCUT2D eigenvalue weighted by Crippen LogP contribution is 2.30. The first-order chi connectivity index (χ1) is 9.04. The Kier molecular flexibility index (Phi) is 3.80. The fraction of sp³-hybridized carbons (Fsp3) is 0.385. The fourth-order valence-corrected chi connectivity index (χ4v) is 2.25. The molecule has 2 unspecified atom stereocenters. The molecule has 0 bridgehead atoms. The number of nitrogens with zero attached hydrogens (tertiary/aromatic N) is 1. The van der Waals surface area contributed by atoms with E-state index in [-0.39, 0.29) is 12.5 Å². The van der Waals surface area contributed by atoms with E-state index in [1.165, 1.54) is 29.2 Å². The predicted octanol–water partition coefficient (Wildman–Crippen LogP) is 1.20. The van der Waals surface area contributed by atoms with Gasteiger partial charge in [0.1, 0.15) is 12.4 Å². The number of aliphatic carboxylic acids is 1. The van der Waals surface area contributed by atoms with Gasteiger partial charge in [-0.1, -0.05) is 12.1 Å². The van der Waals surface area contributed by atoms with Crippen LogP contribution in [0.15, 0.2) is 24.3 Å². The van der Waals surface area contributed by atoms with Crippen LogP contribution in [0.4, 0.5) is 4.39 Å². The highest BCUT2D eigenvalue weighted by atomic mass is 19.1. The lowest BCUT2D eigenvalue weighted by Gasteiger charge is -2.38. The first-order valence-corrected chi connectivity index (χ1v) is 5.94. The van der Waals surface area contributed by atoms with Crippen LogP contribution in [0, 0.1) is 5.82 Å². The number of carboxylic acids is 1. The summed E-state index contributed by atoms with van der Waals surface area (Å²) in [5.74, 6) is -1.82. The molecule has 0 spiro atoms. The predicted molar refractivity (Wildman–Crippen MR) is 63.9 cm³/mol. The number of hydrogen-bond acceptors (Lipinski definition) is 3. The van der Waals surface area contributed by atoms with Gasteiger partial charge in [-0.05, 0) is 24.6 Å². The van der Waals surface area contributed by atoms with Crippen molar-refractivity contribution in [2.45, 2.75) is 19.1 Å². The number of hydrogen-bond donors (Lipinski definition) is 1. The lowest BCUT2D eigenvalue weighted by Crippen LogP contribution is -2.51. The SMILES string of the molecule is CCN1C(=O)COC(C(=O)O)C1c1ccc(F)cc1. The van der Waals surface area contributed by atoms with E-state index in [4.69, 9.17) is 4.74 Å². The Hall–Kier alpha value is -1.95. The summed E-state index contributed by atoms with van der Waals surface area (Å²) < 4.78 is 18.0. The number of benzene rings is 1. The molecule has 1 heterocycles. The number of halogens is 1. The number of ether oxygens (including phenoxy) is 1. The van der Waals surface area contributed by atoms with Crippen molar-refractivity contribution in [3.8, 4) is 0 Å². The molecule has 0 aromatic heterocycles. The van der Waals surface area contributed by atoms with Crippen molar-refractivity contribution < 1.29 is 23.8 Å². The topological polar surface area (TPSA) is 66.8 Å². The van der Waals surface area contributed by atoms with Crippen molar-refractivity contribution in [3.05, 3.63) is 35.6 Å². The van der Waals surface area contributed by atoms with E-state index in [1.807, 2.05) is 0 Å². The van der Waals surface area contributed by atoms with Crippen molar-refractivity contribution in [3.63, 3.8) is 0 Å². The average Bonchev–Trinajstić information content (AvgIpc) is 2.39. The minimum absolute atomic E-state index is 0.248. The number of carboxylic acid groups (broad SMARTS) is 1. The van der Waals surface area contributed by atoms with Gasteiger partial charge in [0, 0.05) is 6.54 Å². The van der Waals surface area contributed by atoms with Gasteiger partial charge in [-0.3, -0.25) is 4.79 Å². The van der Waals surface area contributed by atoms with Crippen molar-refractivity contribution in [1.29, 1.82) is 0 Å². The monoisotopic (exact) mass is 267 g/mol. The van der Waals surface area contributed by atoms with E-state index in [1.54, 1.807) is 6.92 Å². The first kappa shape index (κ1) is 13.5. The van der Waals surface area contributed by atoms with Crippen LogP contribution in [-0.4, -0.2) is 41.1 Å². The molecule has 0 saturated carbocycles. The van der Waals surface area contributed by atoms with Crippen LogP contribution in [0.25, 0.3) is 0 Å². The largest absolute Gasteiger partial charge is 0.479 e. The zero-order valence-electron chi connectivity index (χ0n) is 10.4. The second-order valence-electron chi connectivity index (χ2n) is 4.25. The molecule has 1 amide bonds. The summed E-state index contributed by atoms with van der Waals surface area (Å²) in [6.45, 7) is 1.88. The number of carbonyl (C=O) groups excluding carboxylic acids is 1. The lowest BCUT2D eigenvalue weighted by atomic mass is 9.98. The van der Waals surface area contributed by atoms with Crippen LogP contribution in [0.5, 0.6) is 0 Å². The quantitative estimate of drug-likeness (QED) is 0.893. The van der Waals surface area contributed by atoms with Crippen LogP contribution < -0.4 is 0 Å². The maximum atomic E-state index is 12.9. The van der Waals surface area contributed by atoms with E-state index >= 15 is 0 Å². The van der Waals surface area contributed by atoms with Gasteiger partial charge in [0.25, 0.3) is 0 Å². The van der Waals surface area contributed by atoms with E-state index in [0.717, 1.165) is 0 Å². The molecule has 0 radical (unpaired) electrons. The number of amides is 1. The van der Waals surface area contributed by atoms with Crippen LogP contribution in [-0.2, 0) is 14.3 Å². The number of morpholine rings is 1. The Labute approximate surface area is 109 Å². The van der Waals surface area contributed by atoms with Crippen molar-refractivity contribution in [2.24, 2.45) is 0 Å². The average molecular weight is 267 g/mol. The van der Waals surface area contributed by atoms with Crippen LogP contribution >= 0.6 is 0 Å². The third-order valence-corrected chi connectivity index (χ3v) is 3.12. The Bertz CT molecular complexity index is 486. The second kappa shape index (κ2) is 5.36. The summed E-state index contributed by atoms with van der Waals surface area (Å²) in [5, 5.41) is 9.19. The standard InChI is InChI=1S/C13H14FNO4/c1-2-15-10(16)7-19-12(13(17)18)11(15)8-3-5-9(14)6-4-8/h3-6,11-12H,2,7H2,1H3,(H,17,18). The van der Waals surface area contributed by atoms with Gasteiger partial charge in [-0.2, -0.15) is 0 Å². The Morgan fingerprint density at radius 2 is 2.11 bits per heavy atom. The molecule has 2 rings (SSSR count). The molecule has 6 heteroatoms. The second-order valence-corrected chi connectivity index (χ2v) is 4.25. The highest BCUT2D eigenvalue weighted by Gasteiger charge is 2.41. The van der Waals surface area contributed by atoms with Crippen LogP contribution in [0.2, 0.25) is 0 Å². The molecule has 5 nitrogen and oxygen atoms in total. The zero-order chi connectivity index (χ0) is 14.0. The van der Waals surface area contributed by atoms with Crippen molar-refractivity contribution in [2.75, 3.05) is 13.2 Å². The van der Waals surface area contributed by atoms with Gasteiger partial charge < -0.3 is 14.7 Å². The van der Waals surface area contributed by atoms with Crippen molar-refractivity contribution >= 4 is 11.9 Å². The minimum atomic E-state index is -1.14. The summed E-state index contributed by atoms with van der Waals surface area (Å²) in [6.07, 6.45) is -1.14. The maximum Gasteiger partial charge on any atom is 0.335 e. The van der Waals surface area contributed by atoms with Crippen molar-refractivity contribution in [1.82, 2.24) is 4.90 Å². The van der Waals surface area contributed by atoms with Gasteiger partial charge in [0.2, 0.25) is 5.91 Å². The van der Waals surface area contributed by atoms with Crippen LogP contribution in [0.3, 0.4) is 0 Å². The van der Waals surface area contributed by atoms with E-state index in [2.05, 4.69) is 0 Å². The minimum Gasteiger partial charge on any atom is -0.479 e. The molecule has 1 N–H and O–H groups in total. The molecule has 1 aliphatic heterocycles. The number of rotatable bonds is 3. The van der Waals surface area contributed by atoms with E-state index in [9.17, 15) is 19.1 Å². The Morgan fingerprint density at radius 3 is 2.63 bits per heavy atom. The lowest BCUT2D eigenvalue weighted by molar-refractivity contribution is -0.172. The highest BCUT2D eigenvalue weighted by molar-refractivity contribution is 5.82. The van der Waals surface area contributed by atoms with Gasteiger partial charge in [-0.25, -0.2) is 9.18 Å². The van der Waals surface area contributed by atoms with Gasteiger partial charge in [0.05, 0.1) is 6.04 Å². The molecule has 1 aromatic carbocycles. The van der Waals surface area contributed by atoms with E-state index < -0.39 is 23.9 Å². The molecule has 1 fully saturated rings. The molecule has 1 saturated heterocycles. The summed E-state index contributed by atoms with van der Waals surface area (Å²) in [7, 11) is 0. The maximum absolute atomic E-state index is 12.9. The Balaban J connectivity index is 2.40. The number of carbonyl (C=O) groups is 2. The van der Waals surface area contributed by atoms with Gasteiger partial charge >= 0.3 is 5.97 Å².